The average molecular weight is 384 g/mol. The van der Waals surface area contributed by atoms with Crippen LogP contribution in [0.1, 0.15) is 24.0 Å². The monoisotopic (exact) mass is 384 g/mol. The fourth-order valence-corrected chi connectivity index (χ4v) is 3.54. The number of allylic oxidation sites excluding steroid dienone is 2. The maximum atomic E-state index is 11.8. The van der Waals surface area contributed by atoms with Gasteiger partial charge in [0.05, 0.1) is 17.0 Å². The zero-order valence-corrected chi connectivity index (χ0v) is 16.6. The van der Waals surface area contributed by atoms with Crippen molar-refractivity contribution in [1.82, 2.24) is 4.57 Å². The second-order valence-electron chi connectivity index (χ2n) is 7.12. The van der Waals surface area contributed by atoms with E-state index in [9.17, 15) is 10.1 Å². The normalized spacial score (nSPS) is 11.0. The maximum absolute atomic E-state index is 11.8. The van der Waals surface area contributed by atoms with Crippen LogP contribution in [0.4, 0.5) is 0 Å². The zero-order valence-electron chi connectivity index (χ0n) is 16.6. The van der Waals surface area contributed by atoms with E-state index in [0.717, 1.165) is 22.0 Å². The van der Waals surface area contributed by atoms with Gasteiger partial charge in [0, 0.05) is 13.1 Å². The molecular weight excluding hydrogens is 360 g/mol. The highest BCUT2D eigenvalue weighted by atomic mass is 16.5. The largest absolute Gasteiger partial charge is 0.489 e. The number of nitriles is 1. The lowest BCUT2D eigenvalue weighted by molar-refractivity contribution is 0.305. The summed E-state index contributed by atoms with van der Waals surface area (Å²) in [5, 5.41) is 10.8. The van der Waals surface area contributed by atoms with Gasteiger partial charge in [0.1, 0.15) is 12.4 Å². The highest BCUT2D eigenvalue weighted by Gasteiger charge is 2.30. The Balaban J connectivity index is 1.84. The maximum Gasteiger partial charge on any atom is 0.250 e. The smallest absolute Gasteiger partial charge is 0.250 e. The molecule has 0 aliphatic carbocycles. The lowest BCUT2D eigenvalue weighted by Gasteiger charge is -2.25. The number of nitrogens with zero attached hydrogens (tertiary/aromatic N) is 2. The fourth-order valence-electron chi connectivity index (χ4n) is 3.54. The Bertz CT molecular complexity index is 1140. The fraction of sp³-hybridized carbons (Fsp3) is 0.200. The van der Waals surface area contributed by atoms with Crippen LogP contribution < -0.4 is 10.3 Å². The first-order chi connectivity index (χ1) is 14.0. The van der Waals surface area contributed by atoms with Crippen LogP contribution in [0.2, 0.25) is 0 Å². The van der Waals surface area contributed by atoms with Gasteiger partial charge in [-0.3, -0.25) is 4.79 Å². The molecule has 0 radical (unpaired) electrons. The molecule has 0 aliphatic heterocycles. The Morgan fingerprint density at radius 3 is 2.55 bits per heavy atom. The molecule has 1 aromatic heterocycles. The van der Waals surface area contributed by atoms with E-state index in [0.29, 0.717) is 25.2 Å². The van der Waals surface area contributed by atoms with Crippen molar-refractivity contribution in [3.05, 3.63) is 101 Å². The van der Waals surface area contributed by atoms with Crippen molar-refractivity contribution in [3.63, 3.8) is 0 Å². The molecule has 29 heavy (non-hydrogen) atoms. The van der Waals surface area contributed by atoms with E-state index in [4.69, 9.17) is 4.74 Å². The van der Waals surface area contributed by atoms with Crippen LogP contribution in [0.25, 0.3) is 10.9 Å². The van der Waals surface area contributed by atoms with Crippen molar-refractivity contribution in [3.8, 4) is 11.8 Å². The van der Waals surface area contributed by atoms with Gasteiger partial charge in [0.25, 0.3) is 5.56 Å². The van der Waals surface area contributed by atoms with E-state index >= 15 is 0 Å². The molecule has 4 heteroatoms. The minimum Gasteiger partial charge on any atom is -0.489 e. The summed E-state index contributed by atoms with van der Waals surface area (Å²) in [7, 11) is 1.76. The Labute approximate surface area is 171 Å². The minimum absolute atomic E-state index is 0.0293. The molecule has 0 saturated heterocycles. The summed E-state index contributed by atoms with van der Waals surface area (Å²) >= 11 is 0. The third kappa shape index (κ3) is 4.14. The third-order valence-electron chi connectivity index (χ3n) is 5.18. The van der Waals surface area contributed by atoms with Gasteiger partial charge in [-0.05, 0) is 59.7 Å². The standard InChI is InChI=1S/C25H24N2O2/c1-4-13-25(18-26,14-5-2)21-7-6-8-22(16-21)29-17-19-9-11-23-20(15-19)10-12-24(28)27(23)3/h4-12,15-16H,1-2,13-14,17H2,3H3. The van der Waals surface area contributed by atoms with Gasteiger partial charge < -0.3 is 9.30 Å². The molecule has 3 rings (SSSR count). The summed E-state index contributed by atoms with van der Waals surface area (Å²) in [6, 6.07) is 19.4. The molecule has 3 aromatic rings. The van der Waals surface area contributed by atoms with Crippen LogP contribution in [0, 0.1) is 11.3 Å². The lowest BCUT2D eigenvalue weighted by atomic mass is 9.76. The van der Waals surface area contributed by atoms with Crippen LogP contribution in [-0.2, 0) is 19.1 Å². The number of benzene rings is 2. The molecule has 0 aliphatic rings. The summed E-state index contributed by atoms with van der Waals surface area (Å²) in [4.78, 5) is 11.8. The van der Waals surface area contributed by atoms with Crippen molar-refractivity contribution in [2.24, 2.45) is 7.05 Å². The molecular formula is C25H24N2O2. The topological polar surface area (TPSA) is 55.0 Å². The van der Waals surface area contributed by atoms with Crippen LogP contribution >= 0.6 is 0 Å². The Morgan fingerprint density at radius 1 is 1.10 bits per heavy atom. The summed E-state index contributed by atoms with van der Waals surface area (Å²) < 4.78 is 7.63. The van der Waals surface area contributed by atoms with Crippen LogP contribution in [0.5, 0.6) is 5.75 Å². The molecule has 0 spiro atoms. The summed E-state index contributed by atoms with van der Waals surface area (Å²) in [5.41, 5.74) is 2.07. The molecule has 0 unspecified atom stereocenters. The quantitative estimate of drug-likeness (QED) is 0.512. The van der Waals surface area contributed by atoms with E-state index in [-0.39, 0.29) is 5.56 Å². The number of ether oxygens (including phenoxy) is 1. The van der Waals surface area contributed by atoms with Crippen molar-refractivity contribution < 1.29 is 4.74 Å². The highest BCUT2D eigenvalue weighted by molar-refractivity contribution is 5.79. The first-order valence-corrected chi connectivity index (χ1v) is 9.48. The van der Waals surface area contributed by atoms with Gasteiger partial charge in [0.2, 0.25) is 0 Å². The SMILES string of the molecule is C=CCC(C#N)(CC=C)c1cccc(OCc2ccc3c(ccc(=O)n3C)c2)c1. The van der Waals surface area contributed by atoms with Gasteiger partial charge in [0.15, 0.2) is 0 Å². The molecule has 1 heterocycles. The number of rotatable bonds is 8. The second-order valence-corrected chi connectivity index (χ2v) is 7.12. The predicted molar refractivity (Wildman–Crippen MR) is 117 cm³/mol. The Kier molecular flexibility index (Phi) is 5.99. The van der Waals surface area contributed by atoms with E-state index in [1.165, 1.54) is 0 Å². The van der Waals surface area contributed by atoms with Gasteiger partial charge in [-0.15, -0.1) is 13.2 Å². The van der Waals surface area contributed by atoms with Crippen molar-refractivity contribution >= 4 is 10.9 Å². The van der Waals surface area contributed by atoms with Crippen LogP contribution in [0.15, 0.2) is 84.7 Å². The lowest BCUT2D eigenvalue weighted by Crippen LogP contribution is -2.22. The molecule has 0 atom stereocenters. The first kappa shape index (κ1) is 20.2. The van der Waals surface area contributed by atoms with E-state index in [1.807, 2.05) is 48.5 Å². The zero-order chi connectivity index (χ0) is 20.9. The second kappa shape index (κ2) is 8.62. The molecule has 0 saturated carbocycles. The summed E-state index contributed by atoms with van der Waals surface area (Å²) in [6.07, 6.45) is 4.62. The molecule has 0 fully saturated rings. The third-order valence-corrected chi connectivity index (χ3v) is 5.18. The van der Waals surface area contributed by atoms with E-state index in [2.05, 4.69) is 19.2 Å². The van der Waals surface area contributed by atoms with Gasteiger partial charge in [-0.2, -0.15) is 5.26 Å². The number of hydrogen-bond donors (Lipinski definition) is 0. The highest BCUT2D eigenvalue weighted by Crippen LogP contribution is 2.34. The van der Waals surface area contributed by atoms with Crippen molar-refractivity contribution in [1.29, 1.82) is 5.26 Å². The number of pyridine rings is 1. The molecule has 2 aromatic carbocycles. The summed E-state index contributed by atoms with van der Waals surface area (Å²) in [6.45, 7) is 7.99. The number of aromatic nitrogens is 1. The molecule has 0 N–H and O–H groups in total. The minimum atomic E-state index is -0.684. The van der Waals surface area contributed by atoms with Gasteiger partial charge >= 0.3 is 0 Å². The average Bonchev–Trinajstić information content (AvgIpc) is 2.75. The molecule has 146 valence electrons. The van der Waals surface area contributed by atoms with Crippen molar-refractivity contribution in [2.75, 3.05) is 0 Å². The first-order valence-electron chi connectivity index (χ1n) is 9.48. The number of aryl methyl sites for hydroxylation is 1. The number of hydrogen-bond acceptors (Lipinski definition) is 3. The van der Waals surface area contributed by atoms with E-state index in [1.54, 1.807) is 29.8 Å². The Hall–Kier alpha value is -3.58. The van der Waals surface area contributed by atoms with Crippen LogP contribution in [0.3, 0.4) is 0 Å². The van der Waals surface area contributed by atoms with E-state index < -0.39 is 5.41 Å². The molecule has 0 amide bonds. The summed E-state index contributed by atoms with van der Waals surface area (Å²) in [5.74, 6) is 0.704. The van der Waals surface area contributed by atoms with Crippen molar-refractivity contribution in [2.45, 2.75) is 24.9 Å². The van der Waals surface area contributed by atoms with Crippen LogP contribution in [-0.4, -0.2) is 4.57 Å². The van der Waals surface area contributed by atoms with Gasteiger partial charge in [-0.25, -0.2) is 0 Å². The number of fused-ring (bicyclic) bond motifs is 1. The Morgan fingerprint density at radius 2 is 1.86 bits per heavy atom. The molecule has 4 nitrogen and oxygen atoms in total. The van der Waals surface area contributed by atoms with Gasteiger partial charge in [-0.1, -0.05) is 30.4 Å². The molecule has 0 bridgehead atoms. The predicted octanol–water partition coefficient (Wildman–Crippen LogP) is 5.03.